The van der Waals surface area contributed by atoms with Crippen LogP contribution in [-0.2, 0) is 9.59 Å². The number of pyridine rings is 1. The van der Waals surface area contributed by atoms with Crippen molar-refractivity contribution >= 4 is 28.7 Å². The number of hydrogen-bond donors (Lipinski definition) is 2. The molecule has 2 aromatic rings. The predicted octanol–water partition coefficient (Wildman–Crippen LogP) is 0.754. The highest BCUT2D eigenvalue weighted by molar-refractivity contribution is 5.89. The lowest BCUT2D eigenvalue weighted by molar-refractivity contribution is -0.150. The number of carbonyl (C=O) groups is 2. The molecule has 1 aliphatic carbocycles. The molecular formula is C19H24N6O2. The molecule has 1 spiro atoms. The third kappa shape index (κ3) is 2.35. The van der Waals surface area contributed by atoms with Gasteiger partial charge in [-0.15, -0.1) is 0 Å². The Bertz CT molecular complexity index is 945. The summed E-state index contributed by atoms with van der Waals surface area (Å²) in [6, 6.07) is 3.84. The van der Waals surface area contributed by atoms with Gasteiger partial charge >= 0.3 is 0 Å². The largest absolute Gasteiger partial charge is 0.369 e. The zero-order valence-corrected chi connectivity index (χ0v) is 15.6. The quantitative estimate of drug-likeness (QED) is 0.831. The normalized spacial score (nSPS) is 27.8. The van der Waals surface area contributed by atoms with Crippen molar-refractivity contribution in [3.63, 3.8) is 0 Å². The number of aromatic nitrogens is 3. The van der Waals surface area contributed by atoms with E-state index < -0.39 is 0 Å². The molecule has 2 amide bonds. The fraction of sp³-hybridized carbons (Fsp3) is 0.579. The van der Waals surface area contributed by atoms with Gasteiger partial charge in [-0.3, -0.25) is 14.7 Å². The molecule has 27 heavy (non-hydrogen) atoms. The summed E-state index contributed by atoms with van der Waals surface area (Å²) in [5.41, 5.74) is 6.31. The van der Waals surface area contributed by atoms with Crippen LogP contribution < -0.4 is 10.6 Å². The van der Waals surface area contributed by atoms with E-state index in [4.69, 9.17) is 5.73 Å². The average molecular weight is 368 g/mol. The summed E-state index contributed by atoms with van der Waals surface area (Å²) in [4.78, 5) is 33.1. The van der Waals surface area contributed by atoms with E-state index in [2.05, 4.69) is 33.9 Å². The number of nitrogens with one attached hydrogen (secondary N) is 1. The van der Waals surface area contributed by atoms with Gasteiger partial charge in [0.1, 0.15) is 0 Å². The molecule has 142 valence electrons. The van der Waals surface area contributed by atoms with Crippen molar-refractivity contribution in [3.8, 4) is 0 Å². The smallest absolute Gasteiger partial charge is 0.226 e. The van der Waals surface area contributed by atoms with Crippen molar-refractivity contribution in [2.24, 2.45) is 28.4 Å². The molecule has 3 N–H and O–H groups in total. The lowest BCUT2D eigenvalue weighted by Gasteiger charge is -2.50. The fourth-order valence-corrected chi connectivity index (χ4v) is 4.90. The van der Waals surface area contributed by atoms with Crippen LogP contribution in [0.2, 0.25) is 0 Å². The number of carbonyl (C=O) groups excluding carboxylic acids is 2. The summed E-state index contributed by atoms with van der Waals surface area (Å²) in [5.74, 6) is 0.572. The molecule has 8 nitrogen and oxygen atoms in total. The third-order valence-electron chi connectivity index (χ3n) is 6.74. The van der Waals surface area contributed by atoms with Crippen LogP contribution >= 0.6 is 0 Å². The van der Waals surface area contributed by atoms with E-state index in [1.54, 1.807) is 6.20 Å². The average Bonchev–Trinajstić information content (AvgIpc) is 2.98. The molecule has 0 bridgehead atoms. The highest BCUT2D eigenvalue weighted by Crippen LogP contribution is 2.54. The molecule has 3 aliphatic rings. The number of nitrogens with two attached hydrogens (primary N) is 1. The first kappa shape index (κ1) is 16.5. The van der Waals surface area contributed by atoms with Gasteiger partial charge in [0.15, 0.2) is 11.5 Å². The standard InChI is InChI=1S/C19H24N6O2/c1-18(2)6-12(18)17(27)25-9-19(10-25)8-24(7-13(19)14(20)26)16-11-4-3-5-21-15(11)22-23-16/h3-5,12-13H,6-10H2,1-2H3,(H2,20,26)(H,21,22,23)/t12-,13?/m1/s1. The Kier molecular flexibility index (Phi) is 3.19. The maximum atomic E-state index is 12.7. The Morgan fingerprint density at radius 3 is 2.67 bits per heavy atom. The minimum Gasteiger partial charge on any atom is -0.369 e. The Morgan fingerprint density at radius 2 is 2.00 bits per heavy atom. The molecule has 4 heterocycles. The zero-order valence-electron chi connectivity index (χ0n) is 15.6. The number of aromatic amines is 1. The second kappa shape index (κ2) is 5.21. The van der Waals surface area contributed by atoms with Gasteiger partial charge in [-0.05, 0) is 24.0 Å². The molecule has 8 heteroatoms. The molecule has 1 saturated carbocycles. The van der Waals surface area contributed by atoms with E-state index in [0.29, 0.717) is 26.2 Å². The Labute approximate surface area is 157 Å². The van der Waals surface area contributed by atoms with Crippen LogP contribution in [-0.4, -0.2) is 58.1 Å². The van der Waals surface area contributed by atoms with Crippen LogP contribution in [0, 0.1) is 22.7 Å². The van der Waals surface area contributed by atoms with Crippen molar-refractivity contribution in [3.05, 3.63) is 18.3 Å². The van der Waals surface area contributed by atoms with E-state index >= 15 is 0 Å². The van der Waals surface area contributed by atoms with Gasteiger partial charge in [0.25, 0.3) is 0 Å². The number of nitrogens with zero attached hydrogens (tertiary/aromatic N) is 4. The topological polar surface area (TPSA) is 108 Å². The van der Waals surface area contributed by atoms with Gasteiger partial charge < -0.3 is 15.5 Å². The lowest BCUT2D eigenvalue weighted by atomic mass is 9.71. The minimum absolute atomic E-state index is 0.117. The van der Waals surface area contributed by atoms with Crippen molar-refractivity contribution in [2.45, 2.75) is 20.3 Å². The SMILES string of the molecule is CC1(C)C[C@@H]1C(=O)N1CC2(C1)CN(c1n[nH]c3ncccc13)CC2C(N)=O. The number of amides is 2. The Morgan fingerprint density at radius 1 is 1.26 bits per heavy atom. The van der Waals surface area contributed by atoms with E-state index in [1.807, 2.05) is 17.0 Å². The number of primary amides is 1. The first-order valence-corrected chi connectivity index (χ1v) is 9.43. The zero-order chi connectivity index (χ0) is 19.0. The molecular weight excluding hydrogens is 344 g/mol. The molecule has 0 aromatic carbocycles. The maximum Gasteiger partial charge on any atom is 0.226 e. The summed E-state index contributed by atoms with van der Waals surface area (Å²) in [6.45, 7) is 6.66. The van der Waals surface area contributed by atoms with E-state index in [9.17, 15) is 9.59 Å². The number of hydrogen-bond acceptors (Lipinski definition) is 5. The van der Waals surface area contributed by atoms with Crippen LogP contribution in [0.15, 0.2) is 18.3 Å². The second-order valence-corrected chi connectivity index (χ2v) is 9.08. The summed E-state index contributed by atoms with van der Waals surface area (Å²) in [7, 11) is 0. The first-order valence-electron chi connectivity index (χ1n) is 9.43. The van der Waals surface area contributed by atoms with Crippen LogP contribution in [0.4, 0.5) is 5.82 Å². The van der Waals surface area contributed by atoms with Crippen molar-refractivity contribution < 1.29 is 9.59 Å². The summed E-state index contributed by atoms with van der Waals surface area (Å²) < 4.78 is 0. The fourth-order valence-electron chi connectivity index (χ4n) is 4.90. The minimum atomic E-state index is -0.297. The first-order chi connectivity index (χ1) is 12.8. The summed E-state index contributed by atoms with van der Waals surface area (Å²) in [6.07, 6.45) is 2.67. The van der Waals surface area contributed by atoms with Crippen LogP contribution in [0.3, 0.4) is 0 Å². The van der Waals surface area contributed by atoms with Crippen LogP contribution in [0.1, 0.15) is 20.3 Å². The van der Waals surface area contributed by atoms with Crippen LogP contribution in [0.25, 0.3) is 11.0 Å². The number of rotatable bonds is 3. The molecule has 2 aliphatic heterocycles. The molecule has 2 saturated heterocycles. The number of H-pyrrole nitrogens is 1. The molecule has 2 aromatic heterocycles. The van der Waals surface area contributed by atoms with Gasteiger partial charge in [0.05, 0.1) is 11.3 Å². The molecule has 0 radical (unpaired) electrons. The summed E-state index contributed by atoms with van der Waals surface area (Å²) >= 11 is 0. The van der Waals surface area contributed by atoms with Gasteiger partial charge in [-0.2, -0.15) is 5.10 Å². The number of likely N-dealkylation sites (tertiary alicyclic amines) is 1. The van der Waals surface area contributed by atoms with E-state index in [0.717, 1.165) is 23.3 Å². The Hall–Kier alpha value is -2.64. The molecule has 1 unspecified atom stereocenters. The lowest BCUT2D eigenvalue weighted by Crippen LogP contribution is -2.64. The highest BCUT2D eigenvalue weighted by atomic mass is 16.2. The van der Waals surface area contributed by atoms with Gasteiger partial charge in [0, 0.05) is 43.7 Å². The number of anilines is 1. The van der Waals surface area contributed by atoms with Crippen LogP contribution in [0.5, 0.6) is 0 Å². The Balaban J connectivity index is 1.37. The van der Waals surface area contributed by atoms with Crippen molar-refractivity contribution in [1.82, 2.24) is 20.1 Å². The second-order valence-electron chi connectivity index (χ2n) is 9.08. The molecule has 5 rings (SSSR count). The molecule has 2 atom stereocenters. The van der Waals surface area contributed by atoms with Gasteiger partial charge in [-0.25, -0.2) is 4.98 Å². The van der Waals surface area contributed by atoms with Gasteiger partial charge in [0.2, 0.25) is 11.8 Å². The third-order valence-corrected chi connectivity index (χ3v) is 6.74. The van der Waals surface area contributed by atoms with Crippen molar-refractivity contribution in [2.75, 3.05) is 31.1 Å². The maximum absolute atomic E-state index is 12.7. The predicted molar refractivity (Wildman–Crippen MR) is 99.7 cm³/mol. The van der Waals surface area contributed by atoms with Crippen molar-refractivity contribution in [1.29, 1.82) is 0 Å². The summed E-state index contributed by atoms with van der Waals surface area (Å²) in [5, 5.41) is 8.30. The molecule has 3 fully saturated rings. The van der Waals surface area contributed by atoms with E-state index in [1.165, 1.54) is 0 Å². The monoisotopic (exact) mass is 368 g/mol. The number of fused-ring (bicyclic) bond motifs is 1. The van der Waals surface area contributed by atoms with E-state index in [-0.39, 0.29) is 34.5 Å². The highest BCUT2D eigenvalue weighted by Gasteiger charge is 2.61. The van der Waals surface area contributed by atoms with Gasteiger partial charge in [-0.1, -0.05) is 13.8 Å².